The van der Waals surface area contributed by atoms with E-state index in [9.17, 15) is 10.1 Å². The smallest absolute Gasteiger partial charge is 0.274 e. The van der Waals surface area contributed by atoms with Crippen molar-refractivity contribution in [3.63, 3.8) is 0 Å². The van der Waals surface area contributed by atoms with Gasteiger partial charge < -0.3 is 9.30 Å². The Kier molecular flexibility index (Phi) is 5.12. The number of aryl methyl sites for hydroxylation is 1. The number of hydrogen-bond donors (Lipinski definition) is 0. The number of aromatic nitrogens is 1. The molecule has 144 valence electrons. The van der Waals surface area contributed by atoms with Gasteiger partial charge in [0.25, 0.3) is 5.69 Å². The summed E-state index contributed by atoms with van der Waals surface area (Å²) in [4.78, 5) is 13.8. The molecule has 6 heteroatoms. The molecule has 0 radical (unpaired) electrons. The largest absolute Gasteiger partial charge is 0.497 e. The maximum Gasteiger partial charge on any atom is 0.274 e. The first-order valence-electron chi connectivity index (χ1n) is 9.42. The molecule has 1 atom stereocenters. The van der Waals surface area contributed by atoms with Crippen LogP contribution in [0, 0.1) is 10.1 Å². The topological polar surface area (TPSA) is 60.5 Å². The number of nitro groups is 1. The molecule has 0 saturated carbocycles. The van der Waals surface area contributed by atoms with Crippen LogP contribution in [0.4, 0.5) is 5.69 Å². The van der Waals surface area contributed by atoms with E-state index >= 15 is 0 Å². The molecular weight excluding hydrogens is 354 g/mol. The minimum atomic E-state index is -0.281. The Morgan fingerprint density at radius 2 is 1.96 bits per heavy atom. The van der Waals surface area contributed by atoms with Crippen LogP contribution in [0.25, 0.3) is 0 Å². The van der Waals surface area contributed by atoms with Crippen LogP contribution in [0.5, 0.6) is 5.75 Å². The van der Waals surface area contributed by atoms with Gasteiger partial charge in [-0.2, -0.15) is 0 Å². The lowest BCUT2D eigenvalue weighted by Crippen LogP contribution is -2.30. The number of hydrogen-bond acceptors (Lipinski definition) is 4. The summed E-state index contributed by atoms with van der Waals surface area (Å²) in [6.07, 6.45) is 3.05. The molecule has 0 amide bonds. The van der Waals surface area contributed by atoms with Crippen LogP contribution in [0.1, 0.15) is 29.3 Å². The molecule has 1 aromatic heterocycles. The van der Waals surface area contributed by atoms with Gasteiger partial charge in [-0.3, -0.25) is 15.0 Å². The lowest BCUT2D eigenvalue weighted by atomic mass is 9.99. The molecule has 2 heterocycles. The number of rotatable bonds is 5. The van der Waals surface area contributed by atoms with Gasteiger partial charge in [0.1, 0.15) is 5.75 Å². The van der Waals surface area contributed by atoms with Crippen molar-refractivity contribution in [2.45, 2.75) is 25.6 Å². The highest BCUT2D eigenvalue weighted by Gasteiger charge is 2.32. The summed E-state index contributed by atoms with van der Waals surface area (Å²) in [5, 5.41) is 11.7. The van der Waals surface area contributed by atoms with E-state index < -0.39 is 0 Å². The highest BCUT2D eigenvalue weighted by molar-refractivity contribution is 5.46. The second-order valence-electron chi connectivity index (χ2n) is 7.02. The van der Waals surface area contributed by atoms with Crippen LogP contribution < -0.4 is 4.74 Å². The van der Waals surface area contributed by atoms with Crippen molar-refractivity contribution in [2.75, 3.05) is 13.7 Å². The number of nitrogens with zero attached hydrogens (tertiary/aromatic N) is 3. The first kappa shape index (κ1) is 18.3. The number of para-hydroxylation sites is 1. The molecular formula is C22H23N3O3. The van der Waals surface area contributed by atoms with E-state index in [4.69, 9.17) is 4.74 Å². The van der Waals surface area contributed by atoms with Crippen LogP contribution in [-0.4, -0.2) is 28.0 Å². The fourth-order valence-electron chi connectivity index (χ4n) is 4.06. The Labute approximate surface area is 164 Å². The first-order valence-corrected chi connectivity index (χ1v) is 9.42. The van der Waals surface area contributed by atoms with Gasteiger partial charge in [-0.05, 0) is 36.2 Å². The van der Waals surface area contributed by atoms with E-state index in [2.05, 4.69) is 27.8 Å². The van der Waals surface area contributed by atoms with E-state index in [0.29, 0.717) is 6.54 Å². The summed E-state index contributed by atoms with van der Waals surface area (Å²) in [6, 6.07) is 19.0. The zero-order valence-electron chi connectivity index (χ0n) is 15.8. The molecule has 3 aromatic rings. The lowest BCUT2D eigenvalue weighted by Gasteiger charge is -2.30. The lowest BCUT2D eigenvalue weighted by molar-refractivity contribution is -0.385. The molecule has 6 nitrogen and oxygen atoms in total. The first-order chi connectivity index (χ1) is 13.7. The highest BCUT2D eigenvalue weighted by atomic mass is 16.6. The van der Waals surface area contributed by atoms with Gasteiger partial charge in [0, 0.05) is 37.6 Å². The maximum atomic E-state index is 11.7. The van der Waals surface area contributed by atoms with E-state index in [1.165, 1.54) is 0 Å². The average molecular weight is 377 g/mol. The van der Waals surface area contributed by atoms with Gasteiger partial charge in [0.2, 0.25) is 0 Å². The molecule has 1 aliphatic heterocycles. The van der Waals surface area contributed by atoms with Crippen LogP contribution in [0.15, 0.2) is 66.9 Å². The summed E-state index contributed by atoms with van der Waals surface area (Å²) in [6.45, 7) is 2.46. The molecule has 0 fully saturated rings. The van der Waals surface area contributed by atoms with Gasteiger partial charge in [-0.25, -0.2) is 0 Å². The average Bonchev–Trinajstić information content (AvgIpc) is 3.10. The minimum Gasteiger partial charge on any atom is -0.497 e. The molecule has 2 aromatic carbocycles. The van der Waals surface area contributed by atoms with Crippen LogP contribution in [-0.2, 0) is 13.1 Å². The third-order valence-electron chi connectivity index (χ3n) is 5.30. The van der Waals surface area contributed by atoms with Gasteiger partial charge in [0.15, 0.2) is 0 Å². The summed E-state index contributed by atoms with van der Waals surface area (Å²) in [5.74, 6) is 0.818. The zero-order chi connectivity index (χ0) is 19.5. The normalized spacial score (nSPS) is 17.0. The monoisotopic (exact) mass is 377 g/mol. The SMILES string of the molecule is COc1cccc(CN2CCCn3cccc3[C@@H]2c2ccccc2[N+](=O)[O-])c1. The van der Waals surface area contributed by atoms with Crippen molar-refractivity contribution in [1.82, 2.24) is 9.47 Å². The number of methoxy groups -OCH3 is 1. The Hall–Kier alpha value is -3.12. The number of benzene rings is 2. The number of nitro benzene ring substituents is 1. The highest BCUT2D eigenvalue weighted by Crippen LogP contribution is 2.37. The molecule has 28 heavy (non-hydrogen) atoms. The van der Waals surface area contributed by atoms with Crippen molar-refractivity contribution in [2.24, 2.45) is 0 Å². The Morgan fingerprint density at radius 1 is 1.11 bits per heavy atom. The van der Waals surface area contributed by atoms with E-state index in [1.54, 1.807) is 19.2 Å². The number of fused-ring (bicyclic) bond motifs is 1. The molecule has 1 aliphatic rings. The second-order valence-corrected chi connectivity index (χ2v) is 7.02. The van der Waals surface area contributed by atoms with Crippen molar-refractivity contribution in [3.05, 3.63) is 93.8 Å². The fraction of sp³-hybridized carbons (Fsp3) is 0.273. The van der Waals surface area contributed by atoms with Gasteiger partial charge in [0.05, 0.1) is 23.6 Å². The van der Waals surface area contributed by atoms with Crippen molar-refractivity contribution >= 4 is 5.69 Å². The molecule has 0 spiro atoms. The van der Waals surface area contributed by atoms with E-state index in [1.807, 2.05) is 36.4 Å². The van der Waals surface area contributed by atoms with Crippen molar-refractivity contribution in [1.29, 1.82) is 0 Å². The zero-order valence-corrected chi connectivity index (χ0v) is 15.8. The standard InChI is InChI=1S/C22H23N3O3/c1-28-18-8-4-7-17(15-18)16-24-14-6-13-23-12-5-11-21(23)22(24)19-9-2-3-10-20(19)25(26)27/h2-5,7-12,15,22H,6,13-14,16H2,1H3/t22-/m0/s1. The van der Waals surface area contributed by atoms with E-state index in [0.717, 1.165) is 42.1 Å². The molecule has 0 bridgehead atoms. The maximum absolute atomic E-state index is 11.7. The van der Waals surface area contributed by atoms with Crippen LogP contribution >= 0.6 is 0 Å². The predicted octanol–water partition coefficient (Wildman–Crippen LogP) is 4.40. The van der Waals surface area contributed by atoms with E-state index in [-0.39, 0.29) is 16.7 Å². The fourth-order valence-corrected chi connectivity index (χ4v) is 4.06. The van der Waals surface area contributed by atoms with Gasteiger partial charge in [-0.15, -0.1) is 0 Å². The summed E-state index contributed by atoms with van der Waals surface area (Å²) < 4.78 is 7.58. The second kappa shape index (κ2) is 7.86. The van der Waals surface area contributed by atoms with Crippen LogP contribution in [0.3, 0.4) is 0 Å². The van der Waals surface area contributed by atoms with Gasteiger partial charge >= 0.3 is 0 Å². The minimum absolute atomic E-state index is 0.165. The summed E-state index contributed by atoms with van der Waals surface area (Å²) >= 11 is 0. The van der Waals surface area contributed by atoms with Crippen LogP contribution in [0.2, 0.25) is 0 Å². The molecule has 0 aliphatic carbocycles. The Bertz CT molecular complexity index is 982. The molecule has 0 N–H and O–H groups in total. The summed E-state index contributed by atoms with van der Waals surface area (Å²) in [7, 11) is 1.66. The summed E-state index contributed by atoms with van der Waals surface area (Å²) in [5.41, 5.74) is 3.12. The Balaban J connectivity index is 1.79. The van der Waals surface area contributed by atoms with Gasteiger partial charge in [-0.1, -0.05) is 30.3 Å². The molecule has 0 saturated heterocycles. The van der Waals surface area contributed by atoms with Crippen molar-refractivity contribution < 1.29 is 9.66 Å². The third-order valence-corrected chi connectivity index (χ3v) is 5.30. The molecule has 0 unspecified atom stereocenters. The third kappa shape index (κ3) is 3.51. The quantitative estimate of drug-likeness (QED) is 0.488. The predicted molar refractivity (Wildman–Crippen MR) is 107 cm³/mol. The Morgan fingerprint density at radius 3 is 2.79 bits per heavy atom. The van der Waals surface area contributed by atoms with Crippen molar-refractivity contribution in [3.8, 4) is 5.75 Å². The molecule has 4 rings (SSSR count). The number of ether oxygens (including phenoxy) is 1.